The zero-order valence-electron chi connectivity index (χ0n) is 17.4. The lowest BCUT2D eigenvalue weighted by Gasteiger charge is -2.17. The van der Waals surface area contributed by atoms with E-state index in [-0.39, 0.29) is 11.8 Å². The van der Waals surface area contributed by atoms with Gasteiger partial charge in [-0.2, -0.15) is 0 Å². The van der Waals surface area contributed by atoms with Crippen molar-refractivity contribution in [2.24, 2.45) is 0 Å². The first-order valence-electron chi connectivity index (χ1n) is 9.66. The minimum atomic E-state index is -0.331. The first kappa shape index (κ1) is 20.7. The minimum Gasteiger partial charge on any atom is -0.493 e. The molecule has 1 aliphatic rings. The number of ether oxygens (including phenoxy) is 3. The van der Waals surface area contributed by atoms with Crippen molar-refractivity contribution < 1.29 is 23.8 Å². The molecule has 0 saturated heterocycles. The Labute approximate surface area is 184 Å². The molecule has 2 aromatic carbocycles. The van der Waals surface area contributed by atoms with Gasteiger partial charge in [-0.25, -0.2) is 0 Å². The molecule has 8 heteroatoms. The molecule has 2 heterocycles. The summed E-state index contributed by atoms with van der Waals surface area (Å²) in [6, 6.07) is 12.6. The molecule has 0 unspecified atom stereocenters. The molecule has 7 nitrogen and oxygen atoms in total. The van der Waals surface area contributed by atoms with Gasteiger partial charge in [-0.15, -0.1) is 11.3 Å². The fourth-order valence-corrected chi connectivity index (χ4v) is 4.37. The molecule has 0 spiro atoms. The Kier molecular flexibility index (Phi) is 5.81. The second-order valence-electron chi connectivity index (χ2n) is 6.86. The van der Waals surface area contributed by atoms with Gasteiger partial charge >= 0.3 is 0 Å². The number of hydrogen-bond acceptors (Lipinski definition) is 6. The second-order valence-corrected chi connectivity index (χ2v) is 7.81. The van der Waals surface area contributed by atoms with E-state index in [0.29, 0.717) is 39.9 Å². The lowest BCUT2D eigenvalue weighted by molar-refractivity contribution is 0.0990. The van der Waals surface area contributed by atoms with Crippen LogP contribution in [0.2, 0.25) is 0 Å². The number of rotatable bonds is 6. The molecular formula is C23H22N2O5S. The number of anilines is 2. The monoisotopic (exact) mass is 438 g/mol. The van der Waals surface area contributed by atoms with Gasteiger partial charge in [0.15, 0.2) is 11.5 Å². The Morgan fingerprint density at radius 2 is 1.81 bits per heavy atom. The Bertz CT molecular complexity index is 1130. The van der Waals surface area contributed by atoms with Gasteiger partial charge in [0, 0.05) is 17.9 Å². The minimum absolute atomic E-state index is 0.000555. The lowest BCUT2D eigenvalue weighted by Crippen LogP contribution is -2.28. The van der Waals surface area contributed by atoms with Crippen LogP contribution in [0.15, 0.2) is 47.8 Å². The van der Waals surface area contributed by atoms with Crippen molar-refractivity contribution in [2.75, 3.05) is 38.1 Å². The van der Waals surface area contributed by atoms with Crippen molar-refractivity contribution in [3.05, 3.63) is 63.8 Å². The summed E-state index contributed by atoms with van der Waals surface area (Å²) in [4.78, 5) is 28.2. The van der Waals surface area contributed by atoms with E-state index < -0.39 is 0 Å². The highest BCUT2D eigenvalue weighted by molar-refractivity contribution is 7.12. The van der Waals surface area contributed by atoms with Gasteiger partial charge in [-0.3, -0.25) is 9.59 Å². The van der Waals surface area contributed by atoms with Crippen LogP contribution in [0.3, 0.4) is 0 Å². The molecule has 0 saturated carbocycles. The van der Waals surface area contributed by atoms with Gasteiger partial charge in [0.1, 0.15) is 0 Å². The Hall–Kier alpha value is -3.52. The number of nitrogens with one attached hydrogen (secondary N) is 1. The van der Waals surface area contributed by atoms with E-state index in [9.17, 15) is 9.59 Å². The average Bonchev–Trinajstić information content (AvgIpc) is 3.47. The third kappa shape index (κ3) is 3.82. The molecule has 1 N–H and O–H groups in total. The topological polar surface area (TPSA) is 77.1 Å². The maximum absolute atomic E-state index is 12.9. The molecule has 4 rings (SSSR count). The largest absolute Gasteiger partial charge is 0.493 e. The number of methoxy groups -OCH3 is 3. The van der Waals surface area contributed by atoms with Crippen LogP contribution in [-0.4, -0.2) is 39.7 Å². The molecule has 2 amide bonds. The third-order valence-corrected chi connectivity index (χ3v) is 6.02. The molecule has 3 aromatic rings. The summed E-state index contributed by atoms with van der Waals surface area (Å²) in [5.41, 5.74) is 2.86. The molecular weight excluding hydrogens is 416 g/mol. The number of fused-ring (bicyclic) bond motifs is 1. The van der Waals surface area contributed by atoms with E-state index in [4.69, 9.17) is 14.2 Å². The smallest absolute Gasteiger partial charge is 0.268 e. The zero-order chi connectivity index (χ0) is 22.0. The molecule has 0 aliphatic carbocycles. The van der Waals surface area contributed by atoms with Crippen molar-refractivity contribution in [3.8, 4) is 17.2 Å². The summed E-state index contributed by atoms with van der Waals surface area (Å²) in [7, 11) is 4.49. The third-order valence-electron chi connectivity index (χ3n) is 5.16. The molecule has 1 aliphatic heterocycles. The van der Waals surface area contributed by atoms with Crippen LogP contribution in [0.5, 0.6) is 17.2 Å². The van der Waals surface area contributed by atoms with E-state index in [1.807, 2.05) is 29.6 Å². The zero-order valence-corrected chi connectivity index (χ0v) is 18.2. The highest BCUT2D eigenvalue weighted by Gasteiger charge is 2.27. The first-order valence-corrected chi connectivity index (χ1v) is 10.5. The maximum atomic E-state index is 12.9. The maximum Gasteiger partial charge on any atom is 0.268 e. The molecule has 1 aromatic heterocycles. The first-order chi connectivity index (χ1) is 15.1. The Morgan fingerprint density at radius 3 is 2.48 bits per heavy atom. The van der Waals surface area contributed by atoms with Crippen molar-refractivity contribution in [1.29, 1.82) is 0 Å². The number of hydrogen-bond donors (Lipinski definition) is 1. The SMILES string of the molecule is COc1ccc(C(=O)Nc2ccc3c(c2)CCN3C(=O)c2cccs2)c(OC)c1OC. The average molecular weight is 439 g/mol. The number of nitrogens with zero attached hydrogens (tertiary/aromatic N) is 1. The van der Waals surface area contributed by atoms with Crippen LogP contribution in [0.4, 0.5) is 11.4 Å². The number of carbonyl (C=O) groups is 2. The van der Waals surface area contributed by atoms with Crippen molar-refractivity contribution >= 4 is 34.5 Å². The summed E-state index contributed by atoms with van der Waals surface area (Å²) in [6.45, 7) is 0.618. The van der Waals surface area contributed by atoms with Crippen LogP contribution >= 0.6 is 11.3 Å². The van der Waals surface area contributed by atoms with Gasteiger partial charge in [-0.1, -0.05) is 6.07 Å². The van der Waals surface area contributed by atoms with Gasteiger partial charge in [0.25, 0.3) is 11.8 Å². The van der Waals surface area contributed by atoms with Crippen molar-refractivity contribution in [3.63, 3.8) is 0 Å². The fraction of sp³-hybridized carbons (Fsp3) is 0.217. The van der Waals surface area contributed by atoms with Crippen molar-refractivity contribution in [2.45, 2.75) is 6.42 Å². The fourth-order valence-electron chi connectivity index (χ4n) is 3.70. The summed E-state index contributed by atoms with van der Waals surface area (Å²) in [6.07, 6.45) is 0.732. The molecule has 0 bridgehead atoms. The molecule has 0 radical (unpaired) electrons. The van der Waals surface area contributed by atoms with E-state index in [1.54, 1.807) is 23.1 Å². The molecule has 0 fully saturated rings. The van der Waals surface area contributed by atoms with Gasteiger partial charge in [-0.05, 0) is 53.8 Å². The quantitative estimate of drug-likeness (QED) is 0.623. The summed E-state index contributed by atoms with van der Waals surface area (Å²) in [5, 5.41) is 4.80. The molecule has 160 valence electrons. The van der Waals surface area contributed by atoms with E-state index in [0.717, 1.165) is 17.7 Å². The predicted molar refractivity (Wildman–Crippen MR) is 120 cm³/mol. The number of thiophene rings is 1. The molecule has 0 atom stereocenters. The van der Waals surface area contributed by atoms with Crippen LogP contribution in [-0.2, 0) is 6.42 Å². The van der Waals surface area contributed by atoms with Crippen LogP contribution in [0, 0.1) is 0 Å². The van der Waals surface area contributed by atoms with Crippen LogP contribution < -0.4 is 24.4 Å². The molecule has 31 heavy (non-hydrogen) atoms. The number of carbonyl (C=O) groups excluding carboxylic acids is 2. The predicted octanol–water partition coefficient (Wildman–Crippen LogP) is 4.23. The Morgan fingerprint density at radius 1 is 1.00 bits per heavy atom. The highest BCUT2D eigenvalue weighted by Crippen LogP contribution is 2.40. The van der Waals surface area contributed by atoms with Gasteiger partial charge in [0.2, 0.25) is 5.75 Å². The summed E-state index contributed by atoms with van der Waals surface area (Å²) < 4.78 is 16.0. The summed E-state index contributed by atoms with van der Waals surface area (Å²) >= 11 is 1.43. The second kappa shape index (κ2) is 8.69. The number of amides is 2. The van der Waals surface area contributed by atoms with Gasteiger partial charge in [0.05, 0.1) is 31.8 Å². The van der Waals surface area contributed by atoms with Crippen LogP contribution in [0.1, 0.15) is 25.6 Å². The normalized spacial score (nSPS) is 12.3. The van der Waals surface area contributed by atoms with E-state index >= 15 is 0 Å². The van der Waals surface area contributed by atoms with E-state index in [2.05, 4.69) is 5.32 Å². The van der Waals surface area contributed by atoms with Gasteiger partial charge < -0.3 is 24.4 Å². The lowest BCUT2D eigenvalue weighted by atomic mass is 10.1. The van der Waals surface area contributed by atoms with Crippen LogP contribution in [0.25, 0.3) is 0 Å². The van der Waals surface area contributed by atoms with E-state index in [1.165, 1.54) is 32.7 Å². The summed E-state index contributed by atoms with van der Waals surface area (Å²) in [5.74, 6) is 0.800. The van der Waals surface area contributed by atoms with Crippen molar-refractivity contribution in [1.82, 2.24) is 0 Å². The number of benzene rings is 2. The standard InChI is InChI=1S/C23H22N2O5S/c1-28-18-9-7-16(20(29-2)21(18)30-3)22(26)24-15-6-8-17-14(13-15)10-11-25(17)23(27)19-5-4-12-31-19/h4-9,12-13H,10-11H2,1-3H3,(H,24,26). The Balaban J connectivity index is 1.56. The highest BCUT2D eigenvalue weighted by atomic mass is 32.1.